The van der Waals surface area contributed by atoms with Crippen molar-refractivity contribution in [1.29, 1.82) is 0 Å². The van der Waals surface area contributed by atoms with Gasteiger partial charge in [0.15, 0.2) is 0 Å². The molecule has 0 spiro atoms. The molecule has 0 aliphatic heterocycles. The Morgan fingerprint density at radius 2 is 1.84 bits per heavy atom. The first-order valence-corrected chi connectivity index (χ1v) is 11.8. The Morgan fingerprint density at radius 3 is 2.52 bits per heavy atom. The number of likely N-dealkylation sites (N-methyl/N-ethyl adjacent to an activating group) is 1. The molecule has 31 heavy (non-hydrogen) atoms. The molecule has 0 aliphatic carbocycles. The largest absolute Gasteiger partial charge is 0.310 e. The van der Waals surface area contributed by atoms with Crippen molar-refractivity contribution in [3.05, 3.63) is 71.9 Å². The van der Waals surface area contributed by atoms with Gasteiger partial charge in [0.1, 0.15) is 10.8 Å². The van der Waals surface area contributed by atoms with Crippen LogP contribution in [0.4, 0.5) is 5.82 Å². The number of carbonyl (C=O) groups is 1. The van der Waals surface area contributed by atoms with E-state index in [1.54, 1.807) is 23.6 Å². The standard InChI is InChI=1S/C21H17ClN4O3S2/c1-26(31(28,29)16-9-7-15(22)8-10-16)13-20(27)25-19-11-6-14(12-23-19)21-24-17-4-2-3-5-18(17)30-21/h2-12H,13H2,1H3,(H,23,25,27). The molecule has 0 bridgehead atoms. The molecule has 2 aromatic heterocycles. The number of nitrogens with one attached hydrogen (secondary N) is 1. The Hall–Kier alpha value is -2.85. The van der Waals surface area contributed by atoms with Gasteiger partial charge in [-0.2, -0.15) is 4.31 Å². The normalized spacial score (nSPS) is 11.7. The fraction of sp³-hybridized carbons (Fsp3) is 0.0952. The summed E-state index contributed by atoms with van der Waals surface area (Å²) in [7, 11) is -2.47. The van der Waals surface area contributed by atoms with E-state index in [1.807, 2.05) is 30.3 Å². The Kier molecular flexibility index (Phi) is 6.01. The molecule has 4 aromatic rings. The number of anilines is 1. The van der Waals surface area contributed by atoms with E-state index in [9.17, 15) is 13.2 Å². The second-order valence-electron chi connectivity index (χ2n) is 6.68. The Labute approximate surface area is 188 Å². The van der Waals surface area contributed by atoms with Crippen LogP contribution in [0, 0.1) is 0 Å². The van der Waals surface area contributed by atoms with Crippen molar-refractivity contribution in [1.82, 2.24) is 14.3 Å². The van der Waals surface area contributed by atoms with E-state index in [-0.39, 0.29) is 11.4 Å². The van der Waals surface area contributed by atoms with Crippen molar-refractivity contribution >= 4 is 54.9 Å². The molecular weight excluding hydrogens is 456 g/mol. The maximum atomic E-state index is 12.6. The lowest BCUT2D eigenvalue weighted by atomic mass is 10.3. The summed E-state index contributed by atoms with van der Waals surface area (Å²) in [5, 5.41) is 3.88. The molecule has 4 rings (SSSR count). The number of hydrogen-bond acceptors (Lipinski definition) is 6. The minimum Gasteiger partial charge on any atom is -0.310 e. The van der Waals surface area contributed by atoms with Gasteiger partial charge in [-0.05, 0) is 48.5 Å². The maximum Gasteiger partial charge on any atom is 0.243 e. The highest BCUT2D eigenvalue weighted by molar-refractivity contribution is 7.89. The summed E-state index contributed by atoms with van der Waals surface area (Å²) in [4.78, 5) is 21.2. The number of para-hydroxylation sites is 1. The number of pyridine rings is 1. The summed E-state index contributed by atoms with van der Waals surface area (Å²) in [6.07, 6.45) is 1.63. The molecule has 158 valence electrons. The van der Waals surface area contributed by atoms with Crippen LogP contribution in [0.15, 0.2) is 71.8 Å². The topological polar surface area (TPSA) is 92.3 Å². The number of aromatic nitrogens is 2. The number of thiazole rings is 1. The van der Waals surface area contributed by atoms with E-state index in [0.29, 0.717) is 10.8 Å². The van der Waals surface area contributed by atoms with Crippen LogP contribution < -0.4 is 5.32 Å². The van der Waals surface area contributed by atoms with Gasteiger partial charge in [0.05, 0.1) is 21.7 Å². The van der Waals surface area contributed by atoms with E-state index in [2.05, 4.69) is 15.3 Å². The summed E-state index contributed by atoms with van der Waals surface area (Å²) < 4.78 is 27.2. The predicted molar refractivity (Wildman–Crippen MR) is 123 cm³/mol. The summed E-state index contributed by atoms with van der Waals surface area (Å²) >= 11 is 7.36. The lowest BCUT2D eigenvalue weighted by Crippen LogP contribution is -2.35. The van der Waals surface area contributed by atoms with Crippen molar-refractivity contribution < 1.29 is 13.2 Å². The quantitative estimate of drug-likeness (QED) is 0.452. The van der Waals surface area contributed by atoms with Gasteiger partial charge in [-0.3, -0.25) is 4.79 Å². The fourth-order valence-electron chi connectivity index (χ4n) is 2.85. The van der Waals surface area contributed by atoms with Gasteiger partial charge in [0.25, 0.3) is 0 Å². The first-order valence-electron chi connectivity index (χ1n) is 9.17. The van der Waals surface area contributed by atoms with E-state index in [0.717, 1.165) is 25.1 Å². The Bertz CT molecular complexity index is 1300. The molecule has 0 unspecified atom stereocenters. The zero-order chi connectivity index (χ0) is 22.0. The van der Waals surface area contributed by atoms with E-state index in [4.69, 9.17) is 11.6 Å². The second-order valence-corrected chi connectivity index (χ2v) is 10.2. The molecule has 2 aromatic carbocycles. The van der Waals surface area contributed by atoms with E-state index in [1.165, 1.54) is 31.3 Å². The minimum absolute atomic E-state index is 0.0607. The van der Waals surface area contributed by atoms with Crippen molar-refractivity contribution in [2.75, 3.05) is 18.9 Å². The van der Waals surface area contributed by atoms with Crippen molar-refractivity contribution in [2.45, 2.75) is 4.90 Å². The molecule has 10 heteroatoms. The lowest BCUT2D eigenvalue weighted by Gasteiger charge is -2.16. The fourth-order valence-corrected chi connectivity index (χ4v) is 5.05. The molecule has 7 nitrogen and oxygen atoms in total. The van der Waals surface area contributed by atoms with E-state index >= 15 is 0 Å². The highest BCUT2D eigenvalue weighted by atomic mass is 35.5. The minimum atomic E-state index is -3.81. The van der Waals surface area contributed by atoms with Crippen LogP contribution in [-0.2, 0) is 14.8 Å². The molecule has 0 aliphatic rings. The summed E-state index contributed by atoms with van der Waals surface area (Å²) in [6, 6.07) is 17.1. The second kappa shape index (κ2) is 8.72. The zero-order valence-corrected chi connectivity index (χ0v) is 18.7. The summed E-state index contributed by atoms with van der Waals surface area (Å²) in [6.45, 7) is -0.355. The molecule has 0 radical (unpaired) electrons. The number of carbonyl (C=O) groups excluding carboxylic acids is 1. The monoisotopic (exact) mass is 472 g/mol. The SMILES string of the molecule is CN(CC(=O)Nc1ccc(-c2nc3ccccc3s2)cn1)S(=O)(=O)c1ccc(Cl)cc1. The summed E-state index contributed by atoms with van der Waals surface area (Å²) in [5.74, 6) is -0.174. The van der Waals surface area contributed by atoms with Crippen molar-refractivity contribution in [3.63, 3.8) is 0 Å². The van der Waals surface area contributed by atoms with Gasteiger partial charge in [-0.15, -0.1) is 11.3 Å². The van der Waals surface area contributed by atoms with E-state index < -0.39 is 15.9 Å². The number of sulfonamides is 1. The number of halogens is 1. The molecule has 0 saturated carbocycles. The Morgan fingerprint density at radius 1 is 1.10 bits per heavy atom. The third-order valence-corrected chi connectivity index (χ3v) is 7.61. The van der Waals surface area contributed by atoms with Crippen molar-refractivity contribution in [2.24, 2.45) is 0 Å². The van der Waals surface area contributed by atoms with Gasteiger partial charge < -0.3 is 5.32 Å². The molecule has 1 N–H and O–H groups in total. The number of hydrogen-bond donors (Lipinski definition) is 1. The number of rotatable bonds is 6. The highest BCUT2D eigenvalue weighted by Crippen LogP contribution is 2.29. The van der Waals surface area contributed by atoms with Gasteiger partial charge in [0, 0.05) is 23.8 Å². The molecule has 0 fully saturated rings. The Balaban J connectivity index is 1.42. The van der Waals surface area contributed by atoms with Gasteiger partial charge in [-0.25, -0.2) is 18.4 Å². The average Bonchev–Trinajstić information content (AvgIpc) is 3.18. The number of benzene rings is 2. The molecule has 0 atom stereocenters. The number of nitrogens with zero attached hydrogens (tertiary/aromatic N) is 3. The molecule has 1 amide bonds. The van der Waals surface area contributed by atoms with Crippen LogP contribution in [0.2, 0.25) is 5.02 Å². The maximum absolute atomic E-state index is 12.6. The smallest absolute Gasteiger partial charge is 0.243 e. The molecule has 2 heterocycles. The van der Waals surface area contributed by atoms with Crippen LogP contribution in [0.25, 0.3) is 20.8 Å². The molecular formula is C21H17ClN4O3S2. The average molecular weight is 473 g/mol. The first-order chi connectivity index (χ1) is 14.8. The lowest BCUT2D eigenvalue weighted by molar-refractivity contribution is -0.116. The number of amides is 1. The van der Waals surface area contributed by atoms with Crippen LogP contribution in [0.5, 0.6) is 0 Å². The van der Waals surface area contributed by atoms with Gasteiger partial charge >= 0.3 is 0 Å². The van der Waals surface area contributed by atoms with Gasteiger partial charge in [0.2, 0.25) is 15.9 Å². The molecule has 0 saturated heterocycles. The van der Waals surface area contributed by atoms with Crippen LogP contribution in [0.3, 0.4) is 0 Å². The van der Waals surface area contributed by atoms with Gasteiger partial charge in [-0.1, -0.05) is 23.7 Å². The van der Waals surface area contributed by atoms with Crippen LogP contribution in [0.1, 0.15) is 0 Å². The zero-order valence-electron chi connectivity index (χ0n) is 16.3. The number of fused-ring (bicyclic) bond motifs is 1. The third-order valence-electron chi connectivity index (χ3n) is 4.46. The van der Waals surface area contributed by atoms with Crippen molar-refractivity contribution in [3.8, 4) is 10.6 Å². The van der Waals surface area contributed by atoms with Crippen LogP contribution >= 0.6 is 22.9 Å². The highest BCUT2D eigenvalue weighted by Gasteiger charge is 2.23. The summed E-state index contributed by atoms with van der Waals surface area (Å²) in [5.41, 5.74) is 1.76. The third kappa shape index (κ3) is 4.75. The van der Waals surface area contributed by atoms with Crippen LogP contribution in [-0.4, -0.2) is 42.2 Å². The first kappa shape index (κ1) is 21.4. The predicted octanol–water partition coefficient (Wildman–Crippen LogP) is 4.27.